The van der Waals surface area contributed by atoms with E-state index in [1.807, 2.05) is 67.5 Å². The Hall–Kier alpha value is -3.08. The molecule has 0 saturated heterocycles. The lowest BCUT2D eigenvalue weighted by molar-refractivity contribution is -0.136. The number of aromatic nitrogens is 2. The molecule has 1 aromatic heterocycles. The average molecular weight is 335 g/mol. The monoisotopic (exact) mass is 335 g/mol. The van der Waals surface area contributed by atoms with E-state index in [4.69, 9.17) is 4.74 Å². The van der Waals surface area contributed by atoms with Crippen LogP contribution in [0.2, 0.25) is 0 Å². The van der Waals surface area contributed by atoms with E-state index >= 15 is 0 Å². The van der Waals surface area contributed by atoms with Gasteiger partial charge in [-0.15, -0.1) is 0 Å². The smallest absolute Gasteiger partial charge is 0.341 e. The molecular formula is C20H21N3O2. The first-order valence-corrected chi connectivity index (χ1v) is 8.20. The first kappa shape index (κ1) is 16.8. The van der Waals surface area contributed by atoms with E-state index in [2.05, 4.69) is 9.97 Å². The first-order chi connectivity index (χ1) is 12.1. The van der Waals surface area contributed by atoms with Crippen molar-refractivity contribution in [1.29, 1.82) is 0 Å². The SMILES string of the molecule is CCOC(=O)/C(=C/c1ccc(N(C)C)cc1)c1nc2ccccc2[nH]1. The Bertz CT molecular complexity index is 875. The van der Waals surface area contributed by atoms with Crippen LogP contribution >= 0.6 is 0 Å². The van der Waals surface area contributed by atoms with Gasteiger partial charge >= 0.3 is 5.97 Å². The van der Waals surface area contributed by atoms with Crippen molar-refractivity contribution in [3.63, 3.8) is 0 Å². The van der Waals surface area contributed by atoms with Crippen molar-refractivity contribution in [2.24, 2.45) is 0 Å². The Kier molecular flexibility index (Phi) is 4.84. The fourth-order valence-electron chi connectivity index (χ4n) is 2.55. The maximum absolute atomic E-state index is 12.4. The van der Waals surface area contributed by atoms with Gasteiger partial charge < -0.3 is 14.6 Å². The molecule has 0 fully saturated rings. The molecule has 3 aromatic rings. The third-order valence-electron chi connectivity index (χ3n) is 3.86. The Balaban J connectivity index is 2.03. The van der Waals surface area contributed by atoms with Crippen LogP contribution in [0.3, 0.4) is 0 Å². The van der Waals surface area contributed by atoms with Gasteiger partial charge in [-0.25, -0.2) is 9.78 Å². The maximum atomic E-state index is 12.4. The number of H-pyrrole nitrogens is 1. The number of carbonyl (C=O) groups excluding carboxylic acids is 1. The molecule has 0 radical (unpaired) electrons. The number of hydrogen-bond acceptors (Lipinski definition) is 4. The number of rotatable bonds is 5. The van der Waals surface area contributed by atoms with Gasteiger partial charge in [0.15, 0.2) is 0 Å². The number of carbonyl (C=O) groups is 1. The number of fused-ring (bicyclic) bond motifs is 1. The number of esters is 1. The van der Waals surface area contributed by atoms with Gasteiger partial charge in [-0.05, 0) is 42.8 Å². The summed E-state index contributed by atoms with van der Waals surface area (Å²) < 4.78 is 5.21. The van der Waals surface area contributed by atoms with E-state index in [0.717, 1.165) is 22.3 Å². The van der Waals surface area contributed by atoms with Crippen molar-refractivity contribution in [2.45, 2.75) is 6.92 Å². The van der Waals surface area contributed by atoms with Crippen molar-refractivity contribution < 1.29 is 9.53 Å². The van der Waals surface area contributed by atoms with Crippen molar-refractivity contribution in [3.05, 3.63) is 59.9 Å². The Morgan fingerprint density at radius 3 is 2.52 bits per heavy atom. The molecule has 0 aliphatic heterocycles. The number of anilines is 1. The minimum atomic E-state index is -0.391. The lowest BCUT2D eigenvalue weighted by Crippen LogP contribution is -2.09. The Labute approximate surface area is 146 Å². The number of aromatic amines is 1. The van der Waals surface area contributed by atoms with Gasteiger partial charge in [-0.2, -0.15) is 0 Å². The van der Waals surface area contributed by atoms with E-state index in [1.165, 1.54) is 0 Å². The summed E-state index contributed by atoms with van der Waals surface area (Å²) in [5.74, 6) is 0.120. The van der Waals surface area contributed by atoms with E-state index in [1.54, 1.807) is 13.0 Å². The van der Waals surface area contributed by atoms with E-state index in [0.29, 0.717) is 18.0 Å². The van der Waals surface area contributed by atoms with Crippen LogP contribution in [0, 0.1) is 0 Å². The Morgan fingerprint density at radius 1 is 1.16 bits per heavy atom. The predicted molar refractivity (Wildman–Crippen MR) is 101 cm³/mol. The summed E-state index contributed by atoms with van der Waals surface area (Å²) in [5.41, 5.74) is 4.12. The zero-order chi connectivity index (χ0) is 17.8. The molecule has 0 saturated carbocycles. The molecule has 25 heavy (non-hydrogen) atoms. The fraction of sp³-hybridized carbons (Fsp3) is 0.200. The third-order valence-corrected chi connectivity index (χ3v) is 3.86. The quantitative estimate of drug-likeness (QED) is 0.570. The summed E-state index contributed by atoms with van der Waals surface area (Å²) in [6.45, 7) is 2.11. The van der Waals surface area contributed by atoms with Gasteiger partial charge in [0, 0.05) is 19.8 Å². The zero-order valence-corrected chi connectivity index (χ0v) is 14.6. The maximum Gasteiger partial charge on any atom is 0.341 e. The average Bonchev–Trinajstić information content (AvgIpc) is 3.04. The van der Waals surface area contributed by atoms with Crippen molar-refractivity contribution in [3.8, 4) is 0 Å². The lowest BCUT2D eigenvalue weighted by Gasteiger charge is -2.12. The molecule has 0 unspecified atom stereocenters. The van der Waals surface area contributed by atoms with Crippen LogP contribution in [0.15, 0.2) is 48.5 Å². The second-order valence-corrected chi connectivity index (χ2v) is 5.87. The number of nitrogens with zero attached hydrogens (tertiary/aromatic N) is 2. The minimum absolute atomic E-state index is 0.315. The van der Waals surface area contributed by atoms with Crippen LogP contribution in [0.5, 0.6) is 0 Å². The van der Waals surface area contributed by atoms with Crippen LogP contribution in [-0.2, 0) is 9.53 Å². The highest BCUT2D eigenvalue weighted by atomic mass is 16.5. The van der Waals surface area contributed by atoms with E-state index < -0.39 is 5.97 Å². The summed E-state index contributed by atoms with van der Waals surface area (Å²) in [7, 11) is 3.98. The van der Waals surface area contributed by atoms with Crippen LogP contribution in [0.1, 0.15) is 18.3 Å². The molecule has 0 amide bonds. The van der Waals surface area contributed by atoms with E-state index in [9.17, 15) is 4.79 Å². The highest BCUT2D eigenvalue weighted by molar-refractivity contribution is 6.20. The molecule has 5 heteroatoms. The van der Waals surface area contributed by atoms with Crippen LogP contribution in [0.25, 0.3) is 22.7 Å². The van der Waals surface area contributed by atoms with Gasteiger partial charge in [0.25, 0.3) is 0 Å². The van der Waals surface area contributed by atoms with Gasteiger partial charge in [-0.1, -0.05) is 24.3 Å². The van der Waals surface area contributed by atoms with Crippen LogP contribution < -0.4 is 4.90 Å². The number of ether oxygens (including phenoxy) is 1. The molecule has 1 heterocycles. The third kappa shape index (κ3) is 3.71. The zero-order valence-electron chi connectivity index (χ0n) is 14.6. The topological polar surface area (TPSA) is 58.2 Å². The largest absolute Gasteiger partial charge is 0.462 e. The molecule has 5 nitrogen and oxygen atoms in total. The molecular weight excluding hydrogens is 314 g/mol. The molecule has 0 aliphatic rings. The highest BCUT2D eigenvalue weighted by Gasteiger charge is 2.17. The standard InChI is InChI=1S/C20H21N3O2/c1-4-25-20(24)16(13-14-9-11-15(12-10-14)23(2)3)19-21-17-7-5-6-8-18(17)22-19/h5-13H,4H2,1-3H3,(H,21,22)/b16-13+. The summed E-state index contributed by atoms with van der Waals surface area (Å²) in [6, 6.07) is 15.6. The number of benzene rings is 2. The summed E-state index contributed by atoms with van der Waals surface area (Å²) in [5, 5.41) is 0. The first-order valence-electron chi connectivity index (χ1n) is 8.20. The van der Waals surface area contributed by atoms with Gasteiger partial charge in [0.1, 0.15) is 11.4 Å². The molecule has 1 N–H and O–H groups in total. The van der Waals surface area contributed by atoms with Gasteiger partial charge in [-0.3, -0.25) is 0 Å². The number of hydrogen-bond donors (Lipinski definition) is 1. The normalized spacial score (nSPS) is 11.6. The van der Waals surface area contributed by atoms with Crippen LogP contribution in [-0.4, -0.2) is 36.6 Å². The van der Waals surface area contributed by atoms with Crippen molar-refractivity contribution in [1.82, 2.24) is 9.97 Å². The number of para-hydroxylation sites is 2. The Morgan fingerprint density at radius 2 is 1.88 bits per heavy atom. The second-order valence-electron chi connectivity index (χ2n) is 5.87. The lowest BCUT2D eigenvalue weighted by atomic mass is 10.1. The molecule has 0 atom stereocenters. The fourth-order valence-corrected chi connectivity index (χ4v) is 2.55. The highest BCUT2D eigenvalue weighted by Crippen LogP contribution is 2.22. The molecule has 0 aliphatic carbocycles. The number of imidazole rings is 1. The summed E-state index contributed by atoms with van der Waals surface area (Å²) in [4.78, 5) is 22.2. The van der Waals surface area contributed by atoms with Gasteiger partial charge in [0.05, 0.1) is 17.6 Å². The van der Waals surface area contributed by atoms with Crippen LogP contribution in [0.4, 0.5) is 5.69 Å². The summed E-state index contributed by atoms with van der Waals surface area (Å²) in [6.07, 6.45) is 1.80. The van der Waals surface area contributed by atoms with E-state index in [-0.39, 0.29) is 0 Å². The molecule has 3 rings (SSSR count). The molecule has 2 aromatic carbocycles. The molecule has 0 bridgehead atoms. The molecule has 128 valence electrons. The van der Waals surface area contributed by atoms with Gasteiger partial charge in [0.2, 0.25) is 0 Å². The van der Waals surface area contributed by atoms with Crippen molar-refractivity contribution >= 4 is 34.3 Å². The second kappa shape index (κ2) is 7.21. The summed E-state index contributed by atoms with van der Waals surface area (Å²) >= 11 is 0. The minimum Gasteiger partial charge on any atom is -0.462 e. The number of nitrogens with one attached hydrogen (secondary N) is 1. The predicted octanol–water partition coefficient (Wildman–Crippen LogP) is 3.73. The molecule has 0 spiro atoms. The van der Waals surface area contributed by atoms with Crippen molar-refractivity contribution in [2.75, 3.05) is 25.6 Å².